The number of benzene rings is 14. The number of rotatable bonds is 18. The highest BCUT2D eigenvalue weighted by atomic mass is 15.3. The summed E-state index contributed by atoms with van der Waals surface area (Å²) in [4.78, 5) is 11.1. The summed E-state index contributed by atoms with van der Waals surface area (Å²) in [6, 6.07) is 114. The summed E-state index contributed by atoms with van der Waals surface area (Å²) >= 11 is 0. The van der Waals surface area contributed by atoms with Gasteiger partial charge in [-0.05, 0) is 146 Å². The number of para-hydroxylation sites is 4. The van der Waals surface area contributed by atoms with Crippen molar-refractivity contribution in [3.05, 3.63) is 370 Å². The predicted octanol–water partition coefficient (Wildman–Crippen LogP) is 27.5. The Morgan fingerprint density at radius 3 is 0.527 bits per heavy atom. The van der Waals surface area contributed by atoms with Crippen LogP contribution in [0.4, 0.5) is 22.7 Å². The molecule has 6 heteroatoms. The molecule has 0 atom stereocenters. The average molecular weight is 1430 g/mol. The van der Waals surface area contributed by atoms with Crippen molar-refractivity contribution in [2.45, 2.75) is 158 Å². The van der Waals surface area contributed by atoms with E-state index in [-0.39, 0.29) is 14.0 Å². The molecule has 2 aliphatic heterocycles. The fourth-order valence-electron chi connectivity index (χ4n) is 17.9. The van der Waals surface area contributed by atoms with Gasteiger partial charge in [-0.1, -0.05) is 414 Å². The Balaban J connectivity index is 0.000000175. The number of anilines is 4. The molecule has 0 unspecified atom stereocenters. The SMILES string of the molecule is CC(C)c1cccc(C(C)C)c1N1B(c2ccccc2)N(c2c(C(C)C)cccc2C(C)C)C(c2cccc3ccccc23)=C1c1cccc2ccccc12.CC(C)c1cccc(C(C)C)c1N1B(c2ccccc2)N(c2c(C(C)C)cccc2C(C)C)C(c2cccc3ccccc23)=C1c1cccc2ccccc12. The maximum absolute atomic E-state index is 2.76. The van der Waals surface area contributed by atoms with E-state index < -0.39 is 0 Å². The van der Waals surface area contributed by atoms with E-state index in [1.165, 1.54) is 166 Å². The van der Waals surface area contributed by atoms with Crippen molar-refractivity contribution in [3.8, 4) is 0 Å². The molecule has 0 aliphatic carbocycles. The van der Waals surface area contributed by atoms with Crippen molar-refractivity contribution in [2.75, 3.05) is 19.2 Å². The second kappa shape index (κ2) is 31.5. The van der Waals surface area contributed by atoms with Crippen LogP contribution in [0.15, 0.2) is 303 Å². The molecule has 0 N–H and O–H groups in total. The summed E-state index contributed by atoms with van der Waals surface area (Å²) in [7, 11) is 0. The molecule has 0 spiro atoms. The monoisotopic (exact) mass is 1430 g/mol. The van der Waals surface area contributed by atoms with Crippen LogP contribution in [-0.2, 0) is 0 Å². The first kappa shape index (κ1) is 74.4. The number of hydrogen-bond acceptors (Lipinski definition) is 4. The Labute approximate surface area is 656 Å². The first-order valence-corrected chi connectivity index (χ1v) is 40.5. The van der Waals surface area contributed by atoms with E-state index in [0.29, 0.717) is 47.3 Å². The lowest BCUT2D eigenvalue weighted by Gasteiger charge is -2.38. The summed E-state index contributed by atoms with van der Waals surface area (Å²) in [6.07, 6.45) is 0. The van der Waals surface area contributed by atoms with Gasteiger partial charge in [0.05, 0.1) is 22.8 Å². The van der Waals surface area contributed by atoms with Gasteiger partial charge < -0.3 is 19.2 Å². The van der Waals surface area contributed by atoms with E-state index in [1.54, 1.807) is 0 Å². The fraction of sp³-hybridized carbons (Fsp3) is 0.231. The highest BCUT2D eigenvalue weighted by Gasteiger charge is 2.52. The smallest absolute Gasteiger partial charge is 0.359 e. The Hall–Kier alpha value is -11.1. The normalized spacial score (nSPS) is 13.6. The second-order valence-electron chi connectivity index (χ2n) is 32.9. The quantitative estimate of drug-likeness (QED) is 0.0794. The molecule has 0 saturated carbocycles. The molecule has 110 heavy (non-hydrogen) atoms. The Bertz CT molecular complexity index is 4970. The van der Waals surface area contributed by atoms with Gasteiger partial charge in [-0.2, -0.15) is 0 Å². The lowest BCUT2D eigenvalue weighted by atomic mass is 9.62. The molecule has 0 aromatic heterocycles. The van der Waals surface area contributed by atoms with Crippen molar-refractivity contribution in [3.63, 3.8) is 0 Å². The van der Waals surface area contributed by atoms with Gasteiger partial charge in [-0.25, -0.2) is 0 Å². The molecule has 0 fully saturated rings. The molecule has 2 aliphatic rings. The minimum Gasteiger partial charge on any atom is -0.359 e. The lowest BCUT2D eigenvalue weighted by molar-refractivity contribution is 0.832. The van der Waals surface area contributed by atoms with E-state index in [0.717, 1.165) is 0 Å². The van der Waals surface area contributed by atoms with Crippen LogP contribution in [-0.4, -0.2) is 14.0 Å². The van der Waals surface area contributed by atoms with Crippen molar-refractivity contribution < 1.29 is 0 Å². The maximum Gasteiger partial charge on any atom is 0.420 e. The molecule has 4 nitrogen and oxygen atoms in total. The molecule has 0 saturated heterocycles. The topological polar surface area (TPSA) is 13.0 Å². The second-order valence-corrected chi connectivity index (χ2v) is 32.9. The zero-order chi connectivity index (χ0) is 76.8. The zero-order valence-corrected chi connectivity index (χ0v) is 67.4. The van der Waals surface area contributed by atoms with E-state index >= 15 is 0 Å². The molecule has 14 aromatic carbocycles. The zero-order valence-electron chi connectivity index (χ0n) is 67.4. The van der Waals surface area contributed by atoms with Gasteiger partial charge in [0.25, 0.3) is 0 Å². The van der Waals surface area contributed by atoms with Crippen LogP contribution in [0.25, 0.3) is 65.9 Å². The van der Waals surface area contributed by atoms with E-state index in [2.05, 4.69) is 433 Å². The molecular weight excluding hydrogens is 1330 g/mol. The van der Waals surface area contributed by atoms with Gasteiger partial charge in [0, 0.05) is 45.0 Å². The average Bonchev–Trinajstić information content (AvgIpc) is 1.54. The lowest BCUT2D eigenvalue weighted by Crippen LogP contribution is -2.55. The summed E-state index contributed by atoms with van der Waals surface area (Å²) < 4.78 is 0. The van der Waals surface area contributed by atoms with Crippen LogP contribution in [0.2, 0.25) is 0 Å². The first-order valence-electron chi connectivity index (χ1n) is 40.5. The van der Waals surface area contributed by atoms with Crippen LogP contribution >= 0.6 is 0 Å². The molecule has 548 valence electrons. The highest BCUT2D eigenvalue weighted by Crippen LogP contribution is 2.56. The number of fused-ring (bicyclic) bond motifs is 4. The fourth-order valence-corrected chi connectivity index (χ4v) is 17.9. The van der Waals surface area contributed by atoms with Crippen molar-refractivity contribution in [2.24, 2.45) is 0 Å². The third-order valence-electron chi connectivity index (χ3n) is 23.1. The predicted molar refractivity (Wildman–Crippen MR) is 481 cm³/mol. The molecule has 0 bridgehead atoms. The van der Waals surface area contributed by atoms with Crippen LogP contribution in [0.5, 0.6) is 0 Å². The van der Waals surface area contributed by atoms with E-state index in [4.69, 9.17) is 0 Å². The van der Waals surface area contributed by atoms with E-state index in [9.17, 15) is 0 Å². The summed E-state index contributed by atoms with van der Waals surface area (Å²) in [5.74, 6) is 2.47. The van der Waals surface area contributed by atoms with Crippen LogP contribution < -0.4 is 30.2 Å². The van der Waals surface area contributed by atoms with Gasteiger partial charge in [-0.3, -0.25) is 0 Å². The van der Waals surface area contributed by atoms with Crippen LogP contribution in [0, 0.1) is 0 Å². The molecule has 2 heterocycles. The minimum atomic E-state index is -0.182. The largest absolute Gasteiger partial charge is 0.420 e. The molecule has 14 aromatic rings. The Kier molecular flexibility index (Phi) is 21.3. The maximum atomic E-state index is 2.76. The summed E-state index contributed by atoms with van der Waals surface area (Å²) in [5, 5.41) is 9.99. The first-order chi connectivity index (χ1) is 53.3. The highest BCUT2D eigenvalue weighted by molar-refractivity contribution is 6.87. The minimum absolute atomic E-state index is 0.182. The third-order valence-corrected chi connectivity index (χ3v) is 23.1. The van der Waals surface area contributed by atoms with Gasteiger partial charge in [0.15, 0.2) is 0 Å². The van der Waals surface area contributed by atoms with Crippen LogP contribution in [0.1, 0.15) is 225 Å². The summed E-state index contributed by atoms with van der Waals surface area (Å²) in [6.45, 7) is 37.3. The Morgan fingerprint density at radius 2 is 0.336 bits per heavy atom. The van der Waals surface area contributed by atoms with Crippen molar-refractivity contribution >= 4 is 114 Å². The van der Waals surface area contributed by atoms with Gasteiger partial charge in [0.1, 0.15) is 0 Å². The van der Waals surface area contributed by atoms with Gasteiger partial charge in [-0.15, -0.1) is 0 Å². The Morgan fingerprint density at radius 1 is 0.173 bits per heavy atom. The van der Waals surface area contributed by atoms with E-state index in [1.807, 2.05) is 0 Å². The third kappa shape index (κ3) is 13.5. The number of hydrogen-bond donors (Lipinski definition) is 0. The van der Waals surface area contributed by atoms with Gasteiger partial charge in [0.2, 0.25) is 0 Å². The molecular formula is C104H106B2N4. The number of nitrogens with zero attached hydrogens (tertiary/aromatic N) is 4. The van der Waals surface area contributed by atoms with Crippen LogP contribution in [0.3, 0.4) is 0 Å². The molecule has 16 rings (SSSR count). The van der Waals surface area contributed by atoms with Gasteiger partial charge >= 0.3 is 14.0 Å². The van der Waals surface area contributed by atoms with Crippen molar-refractivity contribution in [1.82, 2.24) is 0 Å². The van der Waals surface area contributed by atoms with Crippen molar-refractivity contribution in [1.29, 1.82) is 0 Å². The summed E-state index contributed by atoms with van der Waals surface area (Å²) in [5.41, 5.74) is 28.6. The standard InChI is InChI=1S/2C52H53BN2/c2*1-34(2)41-28-18-29-42(35(3)4)49(41)54-51(47-32-16-22-38-20-12-14-26-45(38)47)52(48-33-17-23-39-21-13-15-27-46(39)48)55(53(54)40-24-10-9-11-25-40)50-43(36(5)6)30-19-31-44(50)37(7)8/h2*9-37H,1-8H3. The molecule has 0 radical (unpaired) electrons. The molecule has 0 amide bonds.